The summed E-state index contributed by atoms with van der Waals surface area (Å²) in [4.78, 5) is 29.9. The Kier molecular flexibility index (Phi) is 8.11. The number of aromatic nitrogens is 2. The van der Waals surface area contributed by atoms with Crippen LogP contribution in [0.2, 0.25) is 0 Å². The minimum Gasteiger partial charge on any atom is -0.480 e. The fourth-order valence-corrected chi connectivity index (χ4v) is 6.73. The standard InChI is InChI=1S/C40H33N3O4/c44-38(45)37(42-39(46)47-26-29-14-12-22-35-34-21-11-10-13-28(34)23-36(29)35)24-33-25-43(27-41-33)40(30-15-4-1-5-16-30,31-17-6-2-7-18-31)32-19-8-3-9-20-32/h1-22,25,27,37H,23-24,26H2,(H,42,46)(H,44,45)/t37-/m0/s1. The summed E-state index contributed by atoms with van der Waals surface area (Å²) in [6, 6.07) is 43.4. The summed E-state index contributed by atoms with van der Waals surface area (Å²) >= 11 is 0. The van der Waals surface area contributed by atoms with Crippen LogP contribution in [0.3, 0.4) is 0 Å². The number of imidazole rings is 1. The molecule has 1 atom stereocenters. The van der Waals surface area contributed by atoms with Gasteiger partial charge in [-0.15, -0.1) is 0 Å². The number of aliphatic carboxylic acids is 1. The highest BCUT2D eigenvalue weighted by Crippen LogP contribution is 2.41. The molecule has 232 valence electrons. The number of carbonyl (C=O) groups excluding carboxylic acids is 1. The number of ether oxygens (including phenoxy) is 1. The summed E-state index contributed by atoms with van der Waals surface area (Å²) in [5, 5.41) is 12.6. The molecule has 0 radical (unpaired) electrons. The number of hydrogen-bond acceptors (Lipinski definition) is 4. The number of amides is 1. The van der Waals surface area contributed by atoms with Gasteiger partial charge in [0, 0.05) is 12.6 Å². The van der Waals surface area contributed by atoms with Gasteiger partial charge >= 0.3 is 12.1 Å². The van der Waals surface area contributed by atoms with Crippen LogP contribution in [0.1, 0.15) is 39.1 Å². The number of carboxylic acids is 1. The third kappa shape index (κ3) is 5.68. The molecule has 7 rings (SSSR count). The van der Waals surface area contributed by atoms with Gasteiger partial charge in [0.15, 0.2) is 0 Å². The molecule has 1 amide bonds. The van der Waals surface area contributed by atoms with E-state index in [1.54, 1.807) is 6.33 Å². The molecule has 47 heavy (non-hydrogen) atoms. The topological polar surface area (TPSA) is 93.5 Å². The third-order valence-electron chi connectivity index (χ3n) is 8.91. The third-order valence-corrected chi connectivity index (χ3v) is 8.91. The number of hydrogen-bond donors (Lipinski definition) is 2. The molecule has 0 bridgehead atoms. The zero-order valence-electron chi connectivity index (χ0n) is 25.6. The van der Waals surface area contributed by atoms with E-state index in [9.17, 15) is 14.7 Å². The van der Waals surface area contributed by atoms with E-state index in [4.69, 9.17) is 4.74 Å². The molecule has 7 heteroatoms. The lowest BCUT2D eigenvalue weighted by molar-refractivity contribution is -0.139. The van der Waals surface area contributed by atoms with E-state index in [1.807, 2.05) is 89.6 Å². The van der Waals surface area contributed by atoms with Gasteiger partial charge in [0.05, 0.1) is 12.0 Å². The molecule has 1 aromatic heterocycles. The molecule has 0 fully saturated rings. The summed E-state index contributed by atoms with van der Waals surface area (Å²) in [7, 11) is 0. The number of fused-ring (bicyclic) bond motifs is 3. The Hall–Kier alpha value is -5.95. The van der Waals surface area contributed by atoms with Crippen LogP contribution >= 0.6 is 0 Å². The average molecular weight is 620 g/mol. The lowest BCUT2D eigenvalue weighted by Crippen LogP contribution is -2.42. The zero-order valence-corrected chi connectivity index (χ0v) is 25.6. The largest absolute Gasteiger partial charge is 0.480 e. The molecule has 0 saturated heterocycles. The zero-order chi connectivity index (χ0) is 32.2. The number of nitrogens with one attached hydrogen (secondary N) is 1. The van der Waals surface area contributed by atoms with E-state index in [1.165, 1.54) is 11.1 Å². The molecular weight excluding hydrogens is 586 g/mol. The summed E-state index contributed by atoms with van der Waals surface area (Å²) in [6.45, 7) is 0.0394. The van der Waals surface area contributed by atoms with E-state index in [-0.39, 0.29) is 13.0 Å². The van der Waals surface area contributed by atoms with Crippen molar-refractivity contribution in [1.29, 1.82) is 0 Å². The predicted molar refractivity (Wildman–Crippen MR) is 180 cm³/mol. The molecule has 6 aromatic rings. The van der Waals surface area contributed by atoms with Crippen LogP contribution in [0.4, 0.5) is 4.79 Å². The summed E-state index contributed by atoms with van der Waals surface area (Å²) in [6.07, 6.45) is 3.54. The van der Waals surface area contributed by atoms with Crippen LogP contribution < -0.4 is 5.32 Å². The van der Waals surface area contributed by atoms with Crippen molar-refractivity contribution in [3.8, 4) is 11.1 Å². The van der Waals surface area contributed by atoms with Crippen molar-refractivity contribution < 1.29 is 19.4 Å². The lowest BCUT2D eigenvalue weighted by Gasteiger charge is -2.37. The smallest absolute Gasteiger partial charge is 0.408 e. The maximum atomic E-state index is 12.9. The van der Waals surface area contributed by atoms with Gasteiger partial charge < -0.3 is 19.7 Å². The monoisotopic (exact) mass is 619 g/mol. The number of benzene rings is 5. The van der Waals surface area contributed by atoms with Gasteiger partial charge in [0.1, 0.15) is 18.2 Å². The Bertz CT molecular complexity index is 1930. The Balaban J connectivity index is 1.13. The van der Waals surface area contributed by atoms with Crippen molar-refractivity contribution in [3.63, 3.8) is 0 Å². The first-order valence-corrected chi connectivity index (χ1v) is 15.6. The first-order chi connectivity index (χ1) is 23.0. The number of rotatable bonds is 10. The van der Waals surface area contributed by atoms with Crippen LogP contribution in [0.5, 0.6) is 0 Å². The van der Waals surface area contributed by atoms with Crippen molar-refractivity contribution in [1.82, 2.24) is 14.9 Å². The molecule has 1 aliphatic carbocycles. The van der Waals surface area contributed by atoms with E-state index >= 15 is 0 Å². The maximum absolute atomic E-state index is 12.9. The second kappa shape index (κ2) is 12.8. The first kappa shape index (κ1) is 29.7. The molecule has 0 spiro atoms. The fraction of sp³-hybridized carbons (Fsp3) is 0.125. The van der Waals surface area contributed by atoms with Crippen molar-refractivity contribution in [2.45, 2.75) is 31.0 Å². The molecule has 0 unspecified atom stereocenters. The fourth-order valence-electron chi connectivity index (χ4n) is 6.73. The second-order valence-corrected chi connectivity index (χ2v) is 11.7. The predicted octanol–water partition coefficient (Wildman–Crippen LogP) is 7.22. The number of alkyl carbamates (subject to hydrolysis) is 1. The van der Waals surface area contributed by atoms with E-state index in [0.717, 1.165) is 39.8 Å². The quantitative estimate of drug-likeness (QED) is 0.158. The molecule has 1 heterocycles. The molecule has 2 N–H and O–H groups in total. The van der Waals surface area contributed by atoms with Gasteiger partial charge in [-0.3, -0.25) is 0 Å². The molecular formula is C40H33N3O4. The second-order valence-electron chi connectivity index (χ2n) is 11.7. The molecule has 7 nitrogen and oxygen atoms in total. The van der Waals surface area contributed by atoms with E-state index < -0.39 is 23.6 Å². The van der Waals surface area contributed by atoms with Gasteiger partial charge in [-0.2, -0.15) is 0 Å². The molecule has 0 aliphatic heterocycles. The number of carboxylic acid groups (broad SMARTS) is 1. The Morgan fingerprint density at radius 2 is 1.34 bits per heavy atom. The Labute approximate surface area is 273 Å². The summed E-state index contributed by atoms with van der Waals surface area (Å²) in [5.74, 6) is -1.17. The van der Waals surface area contributed by atoms with Crippen LogP contribution in [0, 0.1) is 0 Å². The van der Waals surface area contributed by atoms with Gasteiger partial charge in [0.25, 0.3) is 0 Å². The van der Waals surface area contributed by atoms with Gasteiger partial charge in [-0.25, -0.2) is 14.6 Å². The van der Waals surface area contributed by atoms with Crippen LogP contribution in [-0.2, 0) is 34.5 Å². The van der Waals surface area contributed by atoms with Crippen LogP contribution in [-0.4, -0.2) is 32.8 Å². The van der Waals surface area contributed by atoms with Gasteiger partial charge in [-0.1, -0.05) is 133 Å². The highest BCUT2D eigenvalue weighted by atomic mass is 16.5. The molecule has 0 saturated carbocycles. The highest BCUT2D eigenvalue weighted by molar-refractivity contribution is 5.80. The van der Waals surface area contributed by atoms with E-state index in [2.05, 4.69) is 64.9 Å². The Morgan fingerprint density at radius 3 is 1.96 bits per heavy atom. The number of carbonyl (C=O) groups is 2. The highest BCUT2D eigenvalue weighted by Gasteiger charge is 2.38. The molecule has 5 aromatic carbocycles. The summed E-state index contributed by atoms with van der Waals surface area (Å²) in [5.41, 5.74) is 8.39. The first-order valence-electron chi connectivity index (χ1n) is 15.6. The maximum Gasteiger partial charge on any atom is 0.408 e. The van der Waals surface area contributed by atoms with Gasteiger partial charge in [-0.05, 0) is 50.9 Å². The average Bonchev–Trinajstić information content (AvgIpc) is 3.74. The lowest BCUT2D eigenvalue weighted by atomic mass is 9.77. The van der Waals surface area contributed by atoms with Crippen molar-refractivity contribution in [3.05, 3.63) is 185 Å². The van der Waals surface area contributed by atoms with Gasteiger partial charge in [0.2, 0.25) is 0 Å². The Morgan fingerprint density at radius 1 is 0.766 bits per heavy atom. The summed E-state index contributed by atoms with van der Waals surface area (Å²) < 4.78 is 7.59. The minimum atomic E-state index is -1.24. The SMILES string of the molecule is O=C(N[C@@H](Cc1cn(C(c2ccccc2)(c2ccccc2)c2ccccc2)cn1)C(=O)O)OCc1cccc2c1Cc1ccccc1-2. The van der Waals surface area contributed by atoms with Crippen molar-refractivity contribution in [2.24, 2.45) is 0 Å². The van der Waals surface area contributed by atoms with Crippen LogP contribution in [0.25, 0.3) is 11.1 Å². The van der Waals surface area contributed by atoms with Crippen molar-refractivity contribution in [2.75, 3.05) is 0 Å². The van der Waals surface area contributed by atoms with Crippen molar-refractivity contribution >= 4 is 12.1 Å². The molecule has 1 aliphatic rings. The van der Waals surface area contributed by atoms with E-state index in [0.29, 0.717) is 5.69 Å². The minimum absolute atomic E-state index is 0.0259. The normalized spacial score (nSPS) is 12.5. The number of nitrogens with zero attached hydrogens (tertiary/aromatic N) is 2. The van der Waals surface area contributed by atoms with Crippen LogP contribution in [0.15, 0.2) is 146 Å².